The third-order valence-electron chi connectivity index (χ3n) is 5.14. The minimum Gasteiger partial charge on any atom is -0.493 e. The van der Waals surface area contributed by atoms with Gasteiger partial charge >= 0.3 is 6.09 Å². The van der Waals surface area contributed by atoms with E-state index in [-0.39, 0.29) is 6.04 Å². The number of para-hydroxylation sites is 1. The maximum Gasteiger partial charge on any atom is 0.407 e. The van der Waals surface area contributed by atoms with Gasteiger partial charge in [-0.1, -0.05) is 19.1 Å². The van der Waals surface area contributed by atoms with Gasteiger partial charge in [-0.05, 0) is 37.6 Å². The Kier molecular flexibility index (Phi) is 6.36. The Bertz CT molecular complexity index is 827. The lowest BCUT2D eigenvalue weighted by Gasteiger charge is -2.42. The van der Waals surface area contributed by atoms with Crippen LogP contribution < -0.4 is 15.4 Å². The lowest BCUT2D eigenvalue weighted by Crippen LogP contribution is -2.54. The molecule has 0 bridgehead atoms. The molecule has 1 saturated heterocycles. The molecule has 7 heteroatoms. The number of carbonyl (C=O) groups is 1. The predicted octanol–water partition coefficient (Wildman–Crippen LogP) is 3.18. The van der Waals surface area contributed by atoms with Gasteiger partial charge in [0.15, 0.2) is 0 Å². The molecule has 1 aliphatic rings. The zero-order valence-electron chi connectivity index (χ0n) is 16.5. The standard InChI is InChI=1S/C21H28N4O3/c1-3-15-14-24(21(26)27)11-12-25(15)19-10-9-17(23-18(19)13-22)16-7-5-6-8-20(16)28-4-2/h5-10,15H,3-4,11-14,22H2,1-2H3,(H,26,27). The monoisotopic (exact) mass is 384 g/mol. The second-order valence-electron chi connectivity index (χ2n) is 6.78. The Hall–Kier alpha value is -2.80. The Labute approximate surface area is 165 Å². The van der Waals surface area contributed by atoms with Crippen molar-refractivity contribution >= 4 is 11.8 Å². The number of pyridine rings is 1. The van der Waals surface area contributed by atoms with Crippen molar-refractivity contribution in [3.8, 4) is 17.0 Å². The zero-order valence-corrected chi connectivity index (χ0v) is 16.5. The van der Waals surface area contributed by atoms with Crippen molar-refractivity contribution in [1.29, 1.82) is 0 Å². The SMILES string of the molecule is CCOc1ccccc1-c1ccc(N2CCN(C(=O)O)CC2CC)c(CN)n1. The van der Waals surface area contributed by atoms with Gasteiger partial charge in [0.2, 0.25) is 0 Å². The Balaban J connectivity index is 1.93. The van der Waals surface area contributed by atoms with Gasteiger partial charge < -0.3 is 25.4 Å². The first-order valence-electron chi connectivity index (χ1n) is 9.75. The summed E-state index contributed by atoms with van der Waals surface area (Å²) in [5.74, 6) is 0.801. The van der Waals surface area contributed by atoms with Crippen LogP contribution in [-0.4, -0.2) is 53.4 Å². The van der Waals surface area contributed by atoms with E-state index in [9.17, 15) is 9.90 Å². The molecular weight excluding hydrogens is 356 g/mol. The first-order chi connectivity index (χ1) is 13.6. The summed E-state index contributed by atoms with van der Waals surface area (Å²) in [6, 6.07) is 12.0. The number of rotatable bonds is 6. The Morgan fingerprint density at radius 1 is 1.25 bits per heavy atom. The fourth-order valence-electron chi connectivity index (χ4n) is 3.71. The molecule has 3 N–H and O–H groups in total. The molecular formula is C21H28N4O3. The maximum absolute atomic E-state index is 11.3. The zero-order chi connectivity index (χ0) is 20.1. The van der Waals surface area contributed by atoms with E-state index >= 15 is 0 Å². The maximum atomic E-state index is 11.3. The number of aromatic nitrogens is 1. The largest absolute Gasteiger partial charge is 0.493 e. The summed E-state index contributed by atoms with van der Waals surface area (Å²) >= 11 is 0. The van der Waals surface area contributed by atoms with E-state index in [1.807, 2.05) is 43.3 Å². The summed E-state index contributed by atoms with van der Waals surface area (Å²) in [5.41, 5.74) is 9.60. The van der Waals surface area contributed by atoms with Crippen LogP contribution in [0.5, 0.6) is 5.75 Å². The minimum atomic E-state index is -0.863. The van der Waals surface area contributed by atoms with Crippen molar-refractivity contribution in [2.24, 2.45) is 5.73 Å². The van der Waals surface area contributed by atoms with Crippen molar-refractivity contribution in [1.82, 2.24) is 9.88 Å². The number of hydrogen-bond acceptors (Lipinski definition) is 5. The van der Waals surface area contributed by atoms with E-state index in [1.165, 1.54) is 4.90 Å². The summed E-state index contributed by atoms with van der Waals surface area (Å²) in [5, 5.41) is 9.30. The molecule has 7 nitrogen and oxygen atoms in total. The second-order valence-corrected chi connectivity index (χ2v) is 6.78. The topological polar surface area (TPSA) is 91.9 Å². The van der Waals surface area contributed by atoms with Crippen LogP contribution in [0, 0.1) is 0 Å². The third kappa shape index (κ3) is 4.04. The van der Waals surface area contributed by atoms with Crippen LogP contribution in [0.25, 0.3) is 11.3 Å². The molecule has 1 aromatic carbocycles. The molecule has 1 fully saturated rings. The number of amides is 1. The van der Waals surface area contributed by atoms with Gasteiger partial charge in [-0.15, -0.1) is 0 Å². The fraction of sp³-hybridized carbons (Fsp3) is 0.429. The summed E-state index contributed by atoms with van der Waals surface area (Å²) in [4.78, 5) is 19.9. The molecule has 0 radical (unpaired) electrons. The lowest BCUT2D eigenvalue weighted by atomic mass is 10.1. The molecule has 2 aromatic rings. The molecule has 0 saturated carbocycles. The van der Waals surface area contributed by atoms with E-state index in [0.29, 0.717) is 32.8 Å². The second kappa shape index (κ2) is 8.93. The lowest BCUT2D eigenvalue weighted by molar-refractivity contribution is 0.134. The number of piperazine rings is 1. The molecule has 1 aromatic heterocycles. The minimum absolute atomic E-state index is 0.110. The molecule has 1 unspecified atom stereocenters. The highest BCUT2D eigenvalue weighted by atomic mass is 16.5. The van der Waals surface area contributed by atoms with E-state index in [2.05, 4.69) is 11.8 Å². The van der Waals surface area contributed by atoms with Crippen molar-refractivity contribution in [3.63, 3.8) is 0 Å². The van der Waals surface area contributed by atoms with Gasteiger partial charge in [0.05, 0.1) is 23.7 Å². The molecule has 2 heterocycles. The van der Waals surface area contributed by atoms with Gasteiger partial charge in [0.25, 0.3) is 0 Å². The smallest absolute Gasteiger partial charge is 0.407 e. The highest BCUT2D eigenvalue weighted by Crippen LogP contribution is 2.32. The van der Waals surface area contributed by atoms with Crippen LogP contribution in [0.2, 0.25) is 0 Å². The number of anilines is 1. The van der Waals surface area contributed by atoms with E-state index in [4.69, 9.17) is 15.5 Å². The summed E-state index contributed by atoms with van der Waals surface area (Å²) < 4.78 is 5.74. The number of hydrogen-bond donors (Lipinski definition) is 2. The molecule has 1 amide bonds. The number of benzene rings is 1. The van der Waals surface area contributed by atoms with Crippen LogP contribution in [-0.2, 0) is 6.54 Å². The average Bonchev–Trinajstić information content (AvgIpc) is 2.73. The number of nitrogens with zero attached hydrogens (tertiary/aromatic N) is 3. The number of carboxylic acid groups (broad SMARTS) is 1. The summed E-state index contributed by atoms with van der Waals surface area (Å²) in [6.07, 6.45) is -0.0129. The Morgan fingerprint density at radius 2 is 2.04 bits per heavy atom. The van der Waals surface area contributed by atoms with Gasteiger partial charge in [0, 0.05) is 37.8 Å². The summed E-state index contributed by atoms with van der Waals surface area (Å²) in [7, 11) is 0. The van der Waals surface area contributed by atoms with Crippen LogP contribution in [0.1, 0.15) is 26.0 Å². The average molecular weight is 384 g/mol. The highest BCUT2D eigenvalue weighted by molar-refractivity contribution is 5.70. The predicted molar refractivity (Wildman–Crippen MR) is 110 cm³/mol. The molecule has 1 atom stereocenters. The quantitative estimate of drug-likeness (QED) is 0.795. The number of nitrogens with two attached hydrogens (primary N) is 1. The molecule has 150 valence electrons. The first kappa shape index (κ1) is 19.9. The van der Waals surface area contributed by atoms with Crippen LogP contribution in [0.3, 0.4) is 0 Å². The van der Waals surface area contributed by atoms with Crippen molar-refractivity contribution in [2.75, 3.05) is 31.1 Å². The van der Waals surface area contributed by atoms with E-state index in [0.717, 1.165) is 34.8 Å². The van der Waals surface area contributed by atoms with Crippen LogP contribution >= 0.6 is 0 Å². The normalized spacial score (nSPS) is 16.9. The van der Waals surface area contributed by atoms with E-state index < -0.39 is 6.09 Å². The molecule has 0 spiro atoms. The number of ether oxygens (including phenoxy) is 1. The van der Waals surface area contributed by atoms with Crippen molar-refractivity contribution in [3.05, 3.63) is 42.1 Å². The van der Waals surface area contributed by atoms with Crippen LogP contribution in [0.4, 0.5) is 10.5 Å². The van der Waals surface area contributed by atoms with Gasteiger partial charge in [-0.25, -0.2) is 9.78 Å². The summed E-state index contributed by atoms with van der Waals surface area (Å²) in [6.45, 7) is 6.54. The van der Waals surface area contributed by atoms with Gasteiger partial charge in [-0.3, -0.25) is 0 Å². The highest BCUT2D eigenvalue weighted by Gasteiger charge is 2.30. The van der Waals surface area contributed by atoms with Gasteiger partial charge in [0.1, 0.15) is 5.75 Å². The van der Waals surface area contributed by atoms with Crippen molar-refractivity contribution in [2.45, 2.75) is 32.9 Å². The Morgan fingerprint density at radius 3 is 2.71 bits per heavy atom. The van der Waals surface area contributed by atoms with Gasteiger partial charge in [-0.2, -0.15) is 0 Å². The molecule has 0 aliphatic carbocycles. The molecule has 28 heavy (non-hydrogen) atoms. The van der Waals surface area contributed by atoms with Crippen LogP contribution in [0.15, 0.2) is 36.4 Å². The third-order valence-corrected chi connectivity index (χ3v) is 5.14. The van der Waals surface area contributed by atoms with E-state index in [1.54, 1.807) is 0 Å². The van der Waals surface area contributed by atoms with Crippen molar-refractivity contribution < 1.29 is 14.6 Å². The fourth-order valence-corrected chi connectivity index (χ4v) is 3.71. The molecule has 1 aliphatic heterocycles. The first-order valence-corrected chi connectivity index (χ1v) is 9.75. The molecule has 3 rings (SSSR count).